The summed E-state index contributed by atoms with van der Waals surface area (Å²) in [5.74, 6) is 1.02. The molecule has 2 N–H and O–H groups in total. The van der Waals surface area contributed by atoms with E-state index in [4.69, 9.17) is 24.9 Å². The Labute approximate surface area is 157 Å². The number of hydrogen-bond acceptors (Lipinski definition) is 7. The molecule has 2 aliphatic heterocycles. The molecular formula is C20H22N4O3. The Morgan fingerprint density at radius 3 is 2.78 bits per heavy atom. The third kappa shape index (κ3) is 2.56. The van der Waals surface area contributed by atoms with Crippen LogP contribution in [0.25, 0.3) is 11.1 Å². The summed E-state index contributed by atoms with van der Waals surface area (Å²) in [7, 11) is 1.77. The fourth-order valence-corrected chi connectivity index (χ4v) is 4.70. The van der Waals surface area contributed by atoms with Gasteiger partial charge in [0.2, 0.25) is 0 Å². The number of rotatable bonds is 2. The lowest BCUT2D eigenvalue weighted by Crippen LogP contribution is -2.52. The summed E-state index contributed by atoms with van der Waals surface area (Å²) in [4.78, 5) is 13.1. The van der Waals surface area contributed by atoms with Gasteiger partial charge in [-0.15, -0.1) is 0 Å². The number of amidine groups is 1. The van der Waals surface area contributed by atoms with E-state index in [1.54, 1.807) is 19.5 Å². The third-order valence-corrected chi connectivity index (χ3v) is 6.05. The van der Waals surface area contributed by atoms with Crippen LogP contribution in [0.2, 0.25) is 0 Å². The van der Waals surface area contributed by atoms with Gasteiger partial charge >= 0.3 is 0 Å². The van der Waals surface area contributed by atoms with E-state index in [0.29, 0.717) is 6.61 Å². The van der Waals surface area contributed by atoms with E-state index in [-0.39, 0.29) is 24.1 Å². The maximum atomic E-state index is 6.39. The summed E-state index contributed by atoms with van der Waals surface area (Å²) < 4.78 is 17.7. The van der Waals surface area contributed by atoms with Crippen molar-refractivity contribution in [3.63, 3.8) is 0 Å². The molecule has 2 aromatic rings. The van der Waals surface area contributed by atoms with E-state index < -0.39 is 5.54 Å². The molecule has 3 aliphatic rings. The van der Waals surface area contributed by atoms with Crippen LogP contribution in [0.4, 0.5) is 0 Å². The molecule has 3 heterocycles. The van der Waals surface area contributed by atoms with Gasteiger partial charge in [-0.1, -0.05) is 6.07 Å². The van der Waals surface area contributed by atoms with Crippen molar-refractivity contribution in [3.8, 4) is 16.9 Å². The number of ether oxygens (including phenoxy) is 3. The minimum Gasteiger partial charge on any atom is -0.490 e. The van der Waals surface area contributed by atoms with E-state index in [1.807, 2.05) is 12.1 Å². The summed E-state index contributed by atoms with van der Waals surface area (Å²) in [5, 5.41) is 0. The lowest BCUT2D eigenvalue weighted by Gasteiger charge is -2.47. The quantitative estimate of drug-likeness (QED) is 0.876. The number of aromatic nitrogens is 2. The summed E-state index contributed by atoms with van der Waals surface area (Å²) in [6.07, 6.45) is 8.23. The van der Waals surface area contributed by atoms with Crippen LogP contribution < -0.4 is 10.5 Å². The van der Waals surface area contributed by atoms with Gasteiger partial charge in [0.1, 0.15) is 30.3 Å². The fourth-order valence-electron chi connectivity index (χ4n) is 4.70. The van der Waals surface area contributed by atoms with Crippen molar-refractivity contribution < 1.29 is 14.2 Å². The largest absolute Gasteiger partial charge is 0.490 e. The standard InChI is InChI=1S/C20H22N4O3/c1-25-14-3-5-18-16(7-14)20(10-26-19(21)24-20)15-6-12(2-4-17(15)27-18)13-8-22-11-23-9-13/h2,4,6,8-9,11,14,16,18H,3,5,7,10H2,1H3,(H2,21,24)/t14-,16?,18-,20?/m0/s1. The van der Waals surface area contributed by atoms with Gasteiger partial charge in [-0.3, -0.25) is 0 Å². The van der Waals surface area contributed by atoms with Gasteiger partial charge < -0.3 is 19.9 Å². The van der Waals surface area contributed by atoms with Crippen molar-refractivity contribution >= 4 is 6.02 Å². The second kappa shape index (κ2) is 6.20. The molecule has 0 amide bonds. The van der Waals surface area contributed by atoms with Crippen LogP contribution in [-0.2, 0) is 15.0 Å². The van der Waals surface area contributed by atoms with Gasteiger partial charge in [0, 0.05) is 36.5 Å². The number of aliphatic imine (C=N–C) groups is 1. The van der Waals surface area contributed by atoms with Crippen LogP contribution in [0.3, 0.4) is 0 Å². The van der Waals surface area contributed by atoms with Crippen LogP contribution in [0, 0.1) is 5.92 Å². The van der Waals surface area contributed by atoms with Crippen molar-refractivity contribution in [1.29, 1.82) is 0 Å². The van der Waals surface area contributed by atoms with Crippen molar-refractivity contribution in [3.05, 3.63) is 42.5 Å². The predicted molar refractivity (Wildman–Crippen MR) is 99.3 cm³/mol. The Hall–Kier alpha value is -2.67. The summed E-state index contributed by atoms with van der Waals surface area (Å²) in [6.45, 7) is 0.432. The van der Waals surface area contributed by atoms with Gasteiger partial charge in [0.15, 0.2) is 0 Å². The molecule has 7 nitrogen and oxygen atoms in total. The number of methoxy groups -OCH3 is 1. The molecule has 0 radical (unpaired) electrons. The third-order valence-electron chi connectivity index (χ3n) is 6.05. The molecule has 5 rings (SSSR count). The molecule has 1 saturated carbocycles. The fraction of sp³-hybridized carbons (Fsp3) is 0.450. The van der Waals surface area contributed by atoms with Crippen molar-refractivity contribution in [2.75, 3.05) is 13.7 Å². The first-order valence-corrected chi connectivity index (χ1v) is 9.27. The molecule has 0 bridgehead atoms. The van der Waals surface area contributed by atoms with Crippen LogP contribution in [-0.4, -0.2) is 41.9 Å². The minimum absolute atomic E-state index is 0.0908. The van der Waals surface area contributed by atoms with Gasteiger partial charge in [0.25, 0.3) is 6.02 Å². The molecule has 1 aromatic carbocycles. The molecule has 1 aliphatic carbocycles. The molecule has 1 spiro atoms. The summed E-state index contributed by atoms with van der Waals surface area (Å²) >= 11 is 0. The van der Waals surface area contributed by atoms with E-state index in [2.05, 4.69) is 16.0 Å². The molecular weight excluding hydrogens is 344 g/mol. The maximum absolute atomic E-state index is 6.39. The number of fused-ring (bicyclic) bond motifs is 4. The Bertz CT molecular complexity index is 888. The van der Waals surface area contributed by atoms with Crippen molar-refractivity contribution in [2.24, 2.45) is 16.6 Å². The zero-order valence-electron chi connectivity index (χ0n) is 15.2. The van der Waals surface area contributed by atoms with E-state index in [0.717, 1.165) is 41.7 Å². The highest BCUT2D eigenvalue weighted by Gasteiger charge is 2.55. The molecule has 1 fully saturated rings. The van der Waals surface area contributed by atoms with E-state index >= 15 is 0 Å². The lowest BCUT2D eigenvalue weighted by molar-refractivity contribution is -0.0490. The summed E-state index contributed by atoms with van der Waals surface area (Å²) in [5.41, 5.74) is 8.43. The Balaban J connectivity index is 1.64. The van der Waals surface area contributed by atoms with E-state index in [9.17, 15) is 0 Å². The highest BCUT2D eigenvalue weighted by Crippen LogP contribution is 2.53. The van der Waals surface area contributed by atoms with Crippen LogP contribution in [0.1, 0.15) is 24.8 Å². The number of benzene rings is 1. The first-order chi connectivity index (χ1) is 13.2. The van der Waals surface area contributed by atoms with Crippen LogP contribution >= 0.6 is 0 Å². The van der Waals surface area contributed by atoms with Crippen molar-refractivity contribution in [2.45, 2.75) is 37.0 Å². The SMILES string of the molecule is CO[C@H]1CC[C@@H]2Oc3ccc(-c4cncnc4)cc3C3(COC(N)=N3)C2C1. The first kappa shape index (κ1) is 16.5. The second-order valence-electron chi connectivity index (χ2n) is 7.43. The minimum atomic E-state index is -0.537. The Morgan fingerprint density at radius 2 is 2.04 bits per heavy atom. The normalized spacial score (nSPS) is 31.4. The number of hydrogen-bond donors (Lipinski definition) is 1. The predicted octanol–water partition coefficient (Wildman–Crippen LogP) is 2.26. The van der Waals surface area contributed by atoms with Gasteiger partial charge in [0.05, 0.1) is 6.10 Å². The highest BCUT2D eigenvalue weighted by molar-refractivity contribution is 5.75. The molecule has 1 aromatic heterocycles. The van der Waals surface area contributed by atoms with Gasteiger partial charge in [-0.2, -0.15) is 0 Å². The molecule has 4 atom stereocenters. The zero-order chi connectivity index (χ0) is 18.4. The van der Waals surface area contributed by atoms with Crippen LogP contribution in [0.15, 0.2) is 41.9 Å². The second-order valence-corrected chi connectivity index (χ2v) is 7.43. The molecule has 7 heteroatoms. The smallest absolute Gasteiger partial charge is 0.283 e. The van der Waals surface area contributed by atoms with Gasteiger partial charge in [-0.25, -0.2) is 15.0 Å². The topological polar surface area (TPSA) is 91.8 Å². The first-order valence-electron chi connectivity index (χ1n) is 9.27. The average molecular weight is 366 g/mol. The van der Waals surface area contributed by atoms with Gasteiger partial charge in [-0.05, 0) is 37.0 Å². The lowest BCUT2D eigenvalue weighted by atomic mass is 9.67. The van der Waals surface area contributed by atoms with E-state index in [1.165, 1.54) is 6.33 Å². The number of nitrogens with two attached hydrogens (primary N) is 1. The Kier molecular flexibility index (Phi) is 3.79. The zero-order valence-corrected chi connectivity index (χ0v) is 15.2. The average Bonchev–Trinajstić information content (AvgIpc) is 3.11. The van der Waals surface area contributed by atoms with Crippen LogP contribution in [0.5, 0.6) is 5.75 Å². The molecule has 0 saturated heterocycles. The highest BCUT2D eigenvalue weighted by atomic mass is 16.5. The molecule has 2 unspecified atom stereocenters. The Morgan fingerprint density at radius 1 is 1.19 bits per heavy atom. The monoisotopic (exact) mass is 366 g/mol. The number of nitrogens with zero attached hydrogens (tertiary/aromatic N) is 3. The maximum Gasteiger partial charge on any atom is 0.283 e. The molecule has 140 valence electrons. The summed E-state index contributed by atoms with van der Waals surface area (Å²) in [6, 6.07) is 6.42. The molecule has 27 heavy (non-hydrogen) atoms. The van der Waals surface area contributed by atoms with Crippen molar-refractivity contribution in [1.82, 2.24) is 9.97 Å².